The van der Waals surface area contributed by atoms with Crippen molar-refractivity contribution in [2.24, 2.45) is 0 Å². The summed E-state index contributed by atoms with van der Waals surface area (Å²) in [7, 11) is 0. The van der Waals surface area contributed by atoms with E-state index in [0.717, 1.165) is 11.1 Å². The van der Waals surface area contributed by atoms with E-state index in [1.807, 2.05) is 12.1 Å². The molecule has 0 fully saturated rings. The molecule has 0 aliphatic carbocycles. The van der Waals surface area contributed by atoms with Crippen LogP contribution in [0, 0.1) is 0 Å². The van der Waals surface area contributed by atoms with Crippen LogP contribution in [0.15, 0.2) is 42.5 Å². The summed E-state index contributed by atoms with van der Waals surface area (Å²) in [5.41, 5.74) is 2.10. The number of aromatic carboxylic acids is 1. The molecule has 0 heterocycles. The Morgan fingerprint density at radius 2 is 1.89 bits per heavy atom. The smallest absolute Gasteiger partial charge is 0.335 e. The first kappa shape index (κ1) is 12.9. The molecule has 0 aromatic heterocycles. The normalized spacial score (nSPS) is 10.3. The summed E-state index contributed by atoms with van der Waals surface area (Å²) in [4.78, 5) is 10.9. The van der Waals surface area contributed by atoms with Crippen LogP contribution in [0.4, 0.5) is 0 Å². The lowest BCUT2D eigenvalue weighted by atomic mass is 10.0. The van der Waals surface area contributed by atoms with Crippen molar-refractivity contribution in [1.82, 2.24) is 0 Å². The Balaban J connectivity index is 2.28. The average molecular weight is 281 g/mol. The Kier molecular flexibility index (Phi) is 3.90. The number of hydrogen-bond acceptors (Lipinski definition) is 1. The highest BCUT2D eigenvalue weighted by atomic mass is 35.5. The molecule has 0 spiro atoms. The highest BCUT2D eigenvalue weighted by Gasteiger charge is 2.06. The molecule has 0 bridgehead atoms. The summed E-state index contributed by atoms with van der Waals surface area (Å²) >= 11 is 11.9. The lowest BCUT2D eigenvalue weighted by molar-refractivity contribution is 0.0697. The van der Waals surface area contributed by atoms with Crippen LogP contribution in [0.1, 0.15) is 21.5 Å². The molecule has 4 heteroatoms. The first-order valence-electron chi connectivity index (χ1n) is 5.32. The zero-order valence-electron chi connectivity index (χ0n) is 9.36. The molecule has 2 aromatic rings. The third kappa shape index (κ3) is 3.03. The SMILES string of the molecule is O=C(O)c1cccc(Cc2ccc(Cl)cc2Cl)c1. The molecule has 0 atom stereocenters. The maximum atomic E-state index is 10.9. The maximum Gasteiger partial charge on any atom is 0.335 e. The number of carboxylic acids is 1. The minimum absolute atomic E-state index is 0.276. The standard InChI is InChI=1S/C14H10Cl2O2/c15-12-5-4-10(13(16)8-12)6-9-2-1-3-11(7-9)14(17)18/h1-5,7-8H,6H2,(H,17,18). The Hall–Kier alpha value is -1.51. The van der Waals surface area contributed by atoms with E-state index in [-0.39, 0.29) is 5.56 Å². The van der Waals surface area contributed by atoms with Crippen molar-refractivity contribution >= 4 is 29.2 Å². The monoisotopic (exact) mass is 280 g/mol. The van der Waals surface area contributed by atoms with Crippen molar-refractivity contribution in [3.05, 3.63) is 69.2 Å². The molecule has 0 radical (unpaired) electrons. The molecule has 2 nitrogen and oxygen atoms in total. The van der Waals surface area contributed by atoms with Crippen molar-refractivity contribution < 1.29 is 9.90 Å². The maximum absolute atomic E-state index is 10.9. The summed E-state index contributed by atoms with van der Waals surface area (Å²) < 4.78 is 0. The molecular formula is C14H10Cl2O2. The van der Waals surface area contributed by atoms with Gasteiger partial charge in [-0.25, -0.2) is 4.79 Å². The van der Waals surface area contributed by atoms with E-state index >= 15 is 0 Å². The third-order valence-electron chi connectivity index (χ3n) is 2.58. The number of halogens is 2. The molecule has 1 N–H and O–H groups in total. The van der Waals surface area contributed by atoms with Gasteiger partial charge in [-0.3, -0.25) is 0 Å². The summed E-state index contributed by atoms with van der Waals surface area (Å²) in [6.45, 7) is 0. The average Bonchev–Trinajstić information content (AvgIpc) is 2.33. The highest BCUT2D eigenvalue weighted by molar-refractivity contribution is 6.35. The van der Waals surface area contributed by atoms with Gasteiger partial charge < -0.3 is 5.11 Å². The van der Waals surface area contributed by atoms with E-state index in [0.29, 0.717) is 16.5 Å². The fourth-order valence-corrected chi connectivity index (χ4v) is 2.17. The zero-order valence-corrected chi connectivity index (χ0v) is 10.9. The van der Waals surface area contributed by atoms with E-state index < -0.39 is 5.97 Å². The van der Waals surface area contributed by atoms with Crippen LogP contribution in [-0.4, -0.2) is 11.1 Å². The lowest BCUT2D eigenvalue weighted by Crippen LogP contribution is -1.98. The predicted octanol–water partition coefficient (Wildman–Crippen LogP) is 4.28. The Morgan fingerprint density at radius 3 is 2.56 bits per heavy atom. The van der Waals surface area contributed by atoms with Crippen molar-refractivity contribution in [2.45, 2.75) is 6.42 Å². The molecule has 0 aliphatic rings. The van der Waals surface area contributed by atoms with Gasteiger partial charge in [-0.15, -0.1) is 0 Å². The molecule has 0 amide bonds. The molecule has 92 valence electrons. The van der Waals surface area contributed by atoms with Crippen molar-refractivity contribution in [1.29, 1.82) is 0 Å². The third-order valence-corrected chi connectivity index (χ3v) is 3.17. The van der Waals surface area contributed by atoms with Crippen LogP contribution in [0.2, 0.25) is 10.0 Å². The van der Waals surface area contributed by atoms with Crippen molar-refractivity contribution in [3.8, 4) is 0 Å². The predicted molar refractivity (Wildman–Crippen MR) is 72.7 cm³/mol. The quantitative estimate of drug-likeness (QED) is 0.911. The molecule has 0 saturated heterocycles. The molecule has 0 saturated carbocycles. The van der Waals surface area contributed by atoms with E-state index in [4.69, 9.17) is 28.3 Å². The summed E-state index contributed by atoms with van der Waals surface area (Å²) in [6.07, 6.45) is 0.580. The van der Waals surface area contributed by atoms with Gasteiger partial charge in [-0.05, 0) is 41.8 Å². The Labute approximate surface area is 115 Å². The second kappa shape index (κ2) is 5.42. The topological polar surface area (TPSA) is 37.3 Å². The van der Waals surface area contributed by atoms with Gasteiger partial charge in [0.05, 0.1) is 5.56 Å². The van der Waals surface area contributed by atoms with Crippen LogP contribution < -0.4 is 0 Å². The van der Waals surface area contributed by atoms with Crippen LogP contribution >= 0.6 is 23.2 Å². The van der Waals surface area contributed by atoms with Gasteiger partial charge >= 0.3 is 5.97 Å². The fraction of sp³-hybridized carbons (Fsp3) is 0.0714. The number of carbonyl (C=O) groups is 1. The number of carboxylic acid groups (broad SMARTS) is 1. The van der Waals surface area contributed by atoms with Crippen LogP contribution in [0.3, 0.4) is 0 Å². The number of benzene rings is 2. The minimum Gasteiger partial charge on any atom is -0.478 e. The molecule has 0 unspecified atom stereocenters. The van der Waals surface area contributed by atoms with Crippen LogP contribution in [-0.2, 0) is 6.42 Å². The highest BCUT2D eigenvalue weighted by Crippen LogP contribution is 2.23. The zero-order chi connectivity index (χ0) is 13.1. The van der Waals surface area contributed by atoms with Crippen LogP contribution in [0.5, 0.6) is 0 Å². The summed E-state index contributed by atoms with van der Waals surface area (Å²) in [5, 5.41) is 10.1. The first-order valence-corrected chi connectivity index (χ1v) is 6.08. The summed E-state index contributed by atoms with van der Waals surface area (Å²) in [5.74, 6) is -0.931. The Morgan fingerprint density at radius 1 is 1.11 bits per heavy atom. The lowest BCUT2D eigenvalue weighted by Gasteiger charge is -2.06. The fourth-order valence-electron chi connectivity index (χ4n) is 1.70. The van der Waals surface area contributed by atoms with Gasteiger partial charge in [0.1, 0.15) is 0 Å². The second-order valence-electron chi connectivity index (χ2n) is 3.92. The van der Waals surface area contributed by atoms with Gasteiger partial charge in [0, 0.05) is 10.0 Å². The summed E-state index contributed by atoms with van der Waals surface area (Å²) in [6, 6.07) is 12.1. The van der Waals surface area contributed by atoms with E-state index in [1.54, 1.807) is 30.3 Å². The first-order chi connectivity index (χ1) is 8.56. The molecule has 2 rings (SSSR count). The second-order valence-corrected chi connectivity index (χ2v) is 4.76. The number of rotatable bonds is 3. The molecule has 18 heavy (non-hydrogen) atoms. The van der Waals surface area contributed by atoms with Crippen molar-refractivity contribution in [3.63, 3.8) is 0 Å². The van der Waals surface area contributed by atoms with Gasteiger partial charge in [-0.2, -0.15) is 0 Å². The van der Waals surface area contributed by atoms with E-state index in [9.17, 15) is 4.79 Å². The van der Waals surface area contributed by atoms with Gasteiger partial charge in [0.15, 0.2) is 0 Å². The Bertz CT molecular complexity index is 594. The van der Waals surface area contributed by atoms with E-state index in [2.05, 4.69) is 0 Å². The van der Waals surface area contributed by atoms with Gasteiger partial charge in [-0.1, -0.05) is 41.4 Å². The molecule has 2 aromatic carbocycles. The van der Waals surface area contributed by atoms with Crippen molar-refractivity contribution in [2.75, 3.05) is 0 Å². The van der Waals surface area contributed by atoms with Crippen LogP contribution in [0.25, 0.3) is 0 Å². The number of hydrogen-bond donors (Lipinski definition) is 1. The molecular weight excluding hydrogens is 271 g/mol. The van der Waals surface area contributed by atoms with E-state index in [1.165, 1.54) is 0 Å². The largest absolute Gasteiger partial charge is 0.478 e. The minimum atomic E-state index is -0.931. The van der Waals surface area contributed by atoms with Gasteiger partial charge in [0.2, 0.25) is 0 Å². The van der Waals surface area contributed by atoms with Gasteiger partial charge in [0.25, 0.3) is 0 Å². The molecule has 0 aliphatic heterocycles.